The van der Waals surface area contributed by atoms with Crippen molar-refractivity contribution in [1.82, 2.24) is 14.6 Å². The Kier molecular flexibility index (Phi) is 3.45. The normalized spacial score (nSPS) is 16.5. The quantitative estimate of drug-likeness (QED) is 0.851. The summed E-state index contributed by atoms with van der Waals surface area (Å²) in [4.78, 5) is 6.72. The van der Waals surface area contributed by atoms with Crippen molar-refractivity contribution in [3.63, 3.8) is 0 Å². The molecule has 0 aliphatic carbocycles. The van der Waals surface area contributed by atoms with E-state index in [0.717, 1.165) is 47.9 Å². The Bertz CT molecular complexity index is 590. The molecule has 0 N–H and O–H groups in total. The molecule has 0 unspecified atom stereocenters. The van der Waals surface area contributed by atoms with Gasteiger partial charge in [-0.05, 0) is 27.9 Å². The Morgan fingerprint density at radius 1 is 1.32 bits per heavy atom. The average molecular weight is 325 g/mol. The van der Waals surface area contributed by atoms with Crippen LogP contribution >= 0.6 is 15.9 Å². The first-order valence-corrected chi connectivity index (χ1v) is 7.33. The van der Waals surface area contributed by atoms with Gasteiger partial charge in [0.05, 0.1) is 28.9 Å². The number of morpholine rings is 1. The van der Waals surface area contributed by atoms with Gasteiger partial charge in [-0.2, -0.15) is 9.61 Å². The maximum absolute atomic E-state index is 5.39. The van der Waals surface area contributed by atoms with Crippen LogP contribution in [0, 0.1) is 0 Å². The average Bonchev–Trinajstić information content (AvgIpc) is 2.78. The van der Waals surface area contributed by atoms with Crippen molar-refractivity contribution >= 4 is 27.4 Å². The minimum absolute atomic E-state index is 0.381. The fourth-order valence-electron chi connectivity index (χ4n) is 2.30. The van der Waals surface area contributed by atoms with Crippen molar-refractivity contribution < 1.29 is 4.74 Å². The second kappa shape index (κ2) is 5.09. The van der Waals surface area contributed by atoms with E-state index in [2.05, 4.69) is 39.7 Å². The minimum atomic E-state index is 0.381. The van der Waals surface area contributed by atoms with Gasteiger partial charge in [-0.25, -0.2) is 4.98 Å². The van der Waals surface area contributed by atoms with Gasteiger partial charge in [0.2, 0.25) is 5.95 Å². The predicted molar refractivity (Wildman–Crippen MR) is 77.8 cm³/mol. The van der Waals surface area contributed by atoms with E-state index in [1.165, 1.54) is 0 Å². The zero-order valence-corrected chi connectivity index (χ0v) is 12.7. The molecule has 3 heterocycles. The first-order chi connectivity index (χ1) is 9.18. The summed E-state index contributed by atoms with van der Waals surface area (Å²) in [6.07, 6.45) is 1.84. The summed E-state index contributed by atoms with van der Waals surface area (Å²) < 4.78 is 8.40. The third kappa shape index (κ3) is 2.23. The lowest BCUT2D eigenvalue weighted by atomic mass is 10.1. The van der Waals surface area contributed by atoms with Crippen molar-refractivity contribution in [2.75, 3.05) is 31.2 Å². The molecule has 0 bridgehead atoms. The second-order valence-corrected chi connectivity index (χ2v) is 5.79. The number of nitrogens with zero attached hydrogens (tertiary/aromatic N) is 4. The van der Waals surface area contributed by atoms with Crippen molar-refractivity contribution in [3.8, 4) is 0 Å². The highest BCUT2D eigenvalue weighted by Gasteiger charge is 2.20. The first-order valence-electron chi connectivity index (χ1n) is 6.54. The lowest BCUT2D eigenvalue weighted by Crippen LogP contribution is -2.38. The third-order valence-electron chi connectivity index (χ3n) is 3.34. The molecule has 1 saturated heterocycles. The van der Waals surface area contributed by atoms with Crippen LogP contribution < -0.4 is 4.90 Å². The summed E-state index contributed by atoms with van der Waals surface area (Å²) in [7, 11) is 0. The molecule has 1 aliphatic rings. The van der Waals surface area contributed by atoms with Gasteiger partial charge in [-0.1, -0.05) is 13.8 Å². The lowest BCUT2D eigenvalue weighted by molar-refractivity contribution is 0.122. The number of fused-ring (bicyclic) bond motifs is 1. The van der Waals surface area contributed by atoms with Crippen molar-refractivity contribution in [2.45, 2.75) is 19.8 Å². The largest absolute Gasteiger partial charge is 0.378 e. The lowest BCUT2D eigenvalue weighted by Gasteiger charge is -2.27. The minimum Gasteiger partial charge on any atom is -0.378 e. The number of rotatable bonds is 2. The van der Waals surface area contributed by atoms with Crippen LogP contribution in [0.1, 0.15) is 25.5 Å². The maximum atomic E-state index is 5.39. The number of halogens is 1. The SMILES string of the molecule is CC(C)c1nn2c(N3CCOCC3)nccc2c1Br. The zero-order valence-electron chi connectivity index (χ0n) is 11.1. The molecule has 0 saturated carbocycles. The molecule has 19 heavy (non-hydrogen) atoms. The van der Waals surface area contributed by atoms with Gasteiger partial charge in [0.25, 0.3) is 0 Å². The first kappa shape index (κ1) is 12.9. The standard InChI is InChI=1S/C13H17BrN4O/c1-9(2)12-11(14)10-3-4-15-13(18(10)16-12)17-5-7-19-8-6-17/h3-4,9H,5-8H2,1-2H3. The van der Waals surface area contributed by atoms with Crippen molar-refractivity contribution in [2.24, 2.45) is 0 Å². The van der Waals surface area contributed by atoms with Gasteiger partial charge >= 0.3 is 0 Å². The fraction of sp³-hybridized carbons (Fsp3) is 0.538. The van der Waals surface area contributed by atoms with Crippen LogP contribution in [0.3, 0.4) is 0 Å². The van der Waals surface area contributed by atoms with E-state index in [1.807, 2.05) is 16.8 Å². The second-order valence-electron chi connectivity index (χ2n) is 5.00. The number of aromatic nitrogens is 3. The molecular weight excluding hydrogens is 308 g/mol. The molecule has 0 amide bonds. The van der Waals surface area contributed by atoms with Crippen molar-refractivity contribution in [1.29, 1.82) is 0 Å². The summed E-state index contributed by atoms with van der Waals surface area (Å²) in [5.41, 5.74) is 2.14. The van der Waals surface area contributed by atoms with E-state index in [-0.39, 0.29) is 0 Å². The molecule has 0 spiro atoms. The fourth-order valence-corrected chi connectivity index (χ4v) is 3.14. The van der Waals surface area contributed by atoms with Crippen LogP contribution in [0.15, 0.2) is 16.7 Å². The summed E-state index contributed by atoms with van der Waals surface area (Å²) in [5.74, 6) is 1.28. The number of hydrogen-bond acceptors (Lipinski definition) is 4. The summed E-state index contributed by atoms with van der Waals surface area (Å²) in [6, 6.07) is 1.99. The summed E-state index contributed by atoms with van der Waals surface area (Å²) in [5, 5.41) is 4.71. The van der Waals surface area contributed by atoms with E-state index in [4.69, 9.17) is 9.84 Å². The molecule has 102 valence electrons. The Morgan fingerprint density at radius 3 is 2.74 bits per heavy atom. The smallest absolute Gasteiger partial charge is 0.227 e. The van der Waals surface area contributed by atoms with Gasteiger partial charge in [0.1, 0.15) is 0 Å². The monoisotopic (exact) mass is 324 g/mol. The molecule has 0 aromatic carbocycles. The molecule has 0 radical (unpaired) electrons. The van der Waals surface area contributed by atoms with Gasteiger partial charge in [0, 0.05) is 19.3 Å². The molecular formula is C13H17BrN4O. The third-order valence-corrected chi connectivity index (χ3v) is 4.15. The van der Waals surface area contributed by atoms with Crippen LogP contribution in [-0.2, 0) is 4.74 Å². The maximum Gasteiger partial charge on any atom is 0.227 e. The number of hydrogen-bond donors (Lipinski definition) is 0. The number of anilines is 1. The molecule has 3 rings (SSSR count). The molecule has 1 aliphatic heterocycles. The number of ether oxygens (including phenoxy) is 1. The van der Waals surface area contributed by atoms with Crippen LogP contribution in [0.25, 0.3) is 5.52 Å². The van der Waals surface area contributed by atoms with E-state index < -0.39 is 0 Å². The van der Waals surface area contributed by atoms with Crippen LogP contribution in [0.4, 0.5) is 5.95 Å². The Balaban J connectivity index is 2.12. The van der Waals surface area contributed by atoms with Crippen LogP contribution in [-0.4, -0.2) is 40.9 Å². The molecule has 6 heteroatoms. The highest BCUT2D eigenvalue weighted by Crippen LogP contribution is 2.29. The topological polar surface area (TPSA) is 42.7 Å². The van der Waals surface area contributed by atoms with Crippen molar-refractivity contribution in [3.05, 3.63) is 22.4 Å². The Morgan fingerprint density at radius 2 is 2.05 bits per heavy atom. The summed E-state index contributed by atoms with van der Waals surface area (Å²) >= 11 is 3.66. The van der Waals surface area contributed by atoms with Gasteiger partial charge in [0.15, 0.2) is 0 Å². The molecule has 1 fully saturated rings. The van der Waals surface area contributed by atoms with E-state index >= 15 is 0 Å². The van der Waals surface area contributed by atoms with Gasteiger partial charge < -0.3 is 9.64 Å². The van der Waals surface area contributed by atoms with Gasteiger partial charge in [-0.15, -0.1) is 0 Å². The predicted octanol–water partition coefficient (Wildman–Crippen LogP) is 2.45. The van der Waals surface area contributed by atoms with E-state index in [9.17, 15) is 0 Å². The highest BCUT2D eigenvalue weighted by molar-refractivity contribution is 9.10. The van der Waals surface area contributed by atoms with Crippen LogP contribution in [0.5, 0.6) is 0 Å². The van der Waals surface area contributed by atoms with Crippen LogP contribution in [0.2, 0.25) is 0 Å². The molecule has 0 atom stereocenters. The molecule has 2 aromatic rings. The van der Waals surface area contributed by atoms with E-state index in [0.29, 0.717) is 5.92 Å². The Labute approximate surface area is 120 Å². The molecule has 5 nitrogen and oxygen atoms in total. The molecule has 2 aromatic heterocycles. The van der Waals surface area contributed by atoms with E-state index in [1.54, 1.807) is 0 Å². The van der Waals surface area contributed by atoms with Gasteiger partial charge in [-0.3, -0.25) is 0 Å². The highest BCUT2D eigenvalue weighted by atomic mass is 79.9. The summed E-state index contributed by atoms with van der Waals surface area (Å²) in [6.45, 7) is 7.51. The zero-order chi connectivity index (χ0) is 13.4. The Hall–Kier alpha value is -1.14.